The Bertz CT molecular complexity index is 445. The van der Waals surface area contributed by atoms with Crippen LogP contribution in [0.15, 0.2) is 10.4 Å². The molecule has 0 atom stereocenters. The van der Waals surface area contributed by atoms with E-state index in [1.165, 1.54) is 0 Å². The highest BCUT2D eigenvalue weighted by atomic mass is 32.1. The smallest absolute Gasteiger partial charge is 0.347 e. The summed E-state index contributed by atoms with van der Waals surface area (Å²) in [5.41, 5.74) is 2.01. The first-order valence-corrected chi connectivity index (χ1v) is 6.60. The van der Waals surface area contributed by atoms with Crippen molar-refractivity contribution in [3.05, 3.63) is 15.8 Å². The van der Waals surface area contributed by atoms with Crippen LogP contribution >= 0.6 is 11.3 Å². The molecule has 1 aliphatic rings. The fraction of sp³-hybridized carbons (Fsp3) is 0.500. The zero-order valence-electron chi connectivity index (χ0n) is 10.4. The number of aryl methyl sites for hydroxylation is 2. The number of anilines is 1. The summed E-state index contributed by atoms with van der Waals surface area (Å²) >= 11 is 1.64. The van der Waals surface area contributed by atoms with Crippen LogP contribution < -0.4 is 5.32 Å². The van der Waals surface area contributed by atoms with E-state index in [0.717, 1.165) is 41.4 Å². The van der Waals surface area contributed by atoms with Crippen molar-refractivity contribution in [2.75, 3.05) is 18.9 Å². The standard InChI is InChI=1S/C12H17N3OS/c1-8-7-17-9(2)11(8)14-12(16)13-10-5-4-6-15(10)3/h7H,4-6H2,1-3H3,(H,14,16)/b13-10+. The molecule has 1 aliphatic heterocycles. The van der Waals surface area contributed by atoms with Gasteiger partial charge in [-0.3, -0.25) is 0 Å². The van der Waals surface area contributed by atoms with Crippen LogP contribution in [0.1, 0.15) is 23.3 Å². The van der Waals surface area contributed by atoms with E-state index < -0.39 is 0 Å². The van der Waals surface area contributed by atoms with Gasteiger partial charge in [-0.15, -0.1) is 11.3 Å². The molecule has 0 aromatic carbocycles. The largest absolute Gasteiger partial charge is 0.363 e. The van der Waals surface area contributed by atoms with Crippen molar-refractivity contribution >= 4 is 28.9 Å². The average molecular weight is 251 g/mol. The summed E-state index contributed by atoms with van der Waals surface area (Å²) in [6, 6.07) is -0.265. The van der Waals surface area contributed by atoms with Gasteiger partial charge < -0.3 is 10.2 Å². The first-order valence-electron chi connectivity index (χ1n) is 5.72. The molecular weight excluding hydrogens is 234 g/mol. The monoisotopic (exact) mass is 251 g/mol. The zero-order valence-corrected chi connectivity index (χ0v) is 11.2. The predicted octanol–water partition coefficient (Wildman–Crippen LogP) is 3.02. The number of hydrogen-bond donors (Lipinski definition) is 1. The van der Waals surface area contributed by atoms with E-state index in [1.54, 1.807) is 11.3 Å². The Labute approximate surface area is 105 Å². The number of aliphatic imine (C=N–C) groups is 1. The quantitative estimate of drug-likeness (QED) is 0.834. The molecule has 1 aromatic rings. The van der Waals surface area contributed by atoms with Gasteiger partial charge in [0, 0.05) is 24.9 Å². The van der Waals surface area contributed by atoms with Gasteiger partial charge in [0.2, 0.25) is 0 Å². The summed E-state index contributed by atoms with van der Waals surface area (Å²) in [7, 11) is 1.97. The van der Waals surface area contributed by atoms with Gasteiger partial charge in [0.15, 0.2) is 0 Å². The van der Waals surface area contributed by atoms with Crippen molar-refractivity contribution in [1.82, 2.24) is 4.90 Å². The van der Waals surface area contributed by atoms with Crippen molar-refractivity contribution < 1.29 is 4.79 Å². The van der Waals surface area contributed by atoms with E-state index in [9.17, 15) is 4.79 Å². The molecule has 17 heavy (non-hydrogen) atoms. The lowest BCUT2D eigenvalue weighted by Gasteiger charge is -2.10. The second kappa shape index (κ2) is 4.87. The minimum atomic E-state index is -0.265. The second-order valence-electron chi connectivity index (χ2n) is 4.33. The van der Waals surface area contributed by atoms with Gasteiger partial charge in [-0.2, -0.15) is 4.99 Å². The van der Waals surface area contributed by atoms with Gasteiger partial charge in [-0.1, -0.05) is 0 Å². The third-order valence-electron chi connectivity index (χ3n) is 2.96. The minimum absolute atomic E-state index is 0.265. The fourth-order valence-electron chi connectivity index (χ4n) is 1.95. The van der Waals surface area contributed by atoms with Crippen molar-refractivity contribution in [3.63, 3.8) is 0 Å². The maximum atomic E-state index is 11.8. The van der Waals surface area contributed by atoms with Crippen molar-refractivity contribution in [2.24, 2.45) is 4.99 Å². The Kier molecular flexibility index (Phi) is 3.47. The minimum Gasteiger partial charge on any atom is -0.363 e. The number of rotatable bonds is 1. The number of amides is 2. The van der Waals surface area contributed by atoms with Crippen LogP contribution in [0, 0.1) is 13.8 Å². The van der Waals surface area contributed by atoms with Gasteiger partial charge in [-0.25, -0.2) is 4.79 Å². The SMILES string of the molecule is Cc1csc(C)c1NC(=O)/N=C1\CCCN1C. The molecule has 1 aromatic heterocycles. The number of amidine groups is 1. The number of nitrogens with zero attached hydrogens (tertiary/aromatic N) is 2. The number of carbonyl (C=O) groups excluding carboxylic acids is 1. The van der Waals surface area contributed by atoms with Crippen LogP contribution in [0.5, 0.6) is 0 Å². The summed E-state index contributed by atoms with van der Waals surface area (Å²) in [6.07, 6.45) is 1.98. The van der Waals surface area contributed by atoms with Crippen LogP contribution in [0.25, 0.3) is 0 Å². The average Bonchev–Trinajstić information content (AvgIpc) is 2.80. The van der Waals surface area contributed by atoms with E-state index in [4.69, 9.17) is 0 Å². The van der Waals surface area contributed by atoms with Crippen molar-refractivity contribution in [1.29, 1.82) is 0 Å². The Morgan fingerprint density at radius 1 is 1.53 bits per heavy atom. The molecule has 2 amide bonds. The molecule has 1 N–H and O–H groups in total. The fourth-order valence-corrected chi connectivity index (χ4v) is 2.75. The normalized spacial score (nSPS) is 17.8. The molecule has 0 spiro atoms. The zero-order chi connectivity index (χ0) is 12.4. The molecule has 1 saturated heterocycles. The number of nitrogens with one attached hydrogen (secondary N) is 1. The molecule has 2 rings (SSSR count). The lowest BCUT2D eigenvalue weighted by Crippen LogP contribution is -2.21. The number of urea groups is 1. The summed E-state index contributed by atoms with van der Waals surface area (Å²) in [4.78, 5) is 19.1. The molecular formula is C12H17N3OS. The highest BCUT2D eigenvalue weighted by molar-refractivity contribution is 7.10. The Balaban J connectivity index is 2.07. The Morgan fingerprint density at radius 3 is 2.82 bits per heavy atom. The molecule has 1 fully saturated rings. The number of hydrogen-bond acceptors (Lipinski definition) is 2. The Hall–Kier alpha value is -1.36. The van der Waals surface area contributed by atoms with Crippen LogP contribution in [-0.4, -0.2) is 30.4 Å². The topological polar surface area (TPSA) is 44.7 Å². The molecule has 5 heteroatoms. The number of likely N-dealkylation sites (tertiary alicyclic amines) is 1. The number of thiophene rings is 1. The van der Waals surface area contributed by atoms with Crippen molar-refractivity contribution in [3.8, 4) is 0 Å². The maximum Gasteiger partial charge on any atom is 0.347 e. The van der Waals surface area contributed by atoms with Crippen LogP contribution in [0.4, 0.5) is 10.5 Å². The highest BCUT2D eigenvalue weighted by Crippen LogP contribution is 2.26. The van der Waals surface area contributed by atoms with Crippen LogP contribution in [0.3, 0.4) is 0 Å². The van der Waals surface area contributed by atoms with Gasteiger partial charge in [0.25, 0.3) is 0 Å². The van der Waals surface area contributed by atoms with Crippen molar-refractivity contribution in [2.45, 2.75) is 26.7 Å². The third kappa shape index (κ3) is 2.66. The summed E-state index contributed by atoms with van der Waals surface area (Å²) in [5, 5.41) is 4.90. The molecule has 0 unspecified atom stereocenters. The highest BCUT2D eigenvalue weighted by Gasteiger charge is 2.16. The van der Waals surface area contributed by atoms with Gasteiger partial charge in [0.1, 0.15) is 5.84 Å². The predicted molar refractivity (Wildman–Crippen MR) is 72.1 cm³/mol. The summed E-state index contributed by atoms with van der Waals surface area (Å²) < 4.78 is 0. The van der Waals surface area contributed by atoms with Gasteiger partial charge in [-0.05, 0) is 31.2 Å². The van der Waals surface area contributed by atoms with E-state index in [1.807, 2.05) is 31.2 Å². The van der Waals surface area contributed by atoms with E-state index in [-0.39, 0.29) is 6.03 Å². The molecule has 0 saturated carbocycles. The van der Waals surface area contributed by atoms with E-state index in [0.29, 0.717) is 0 Å². The van der Waals surface area contributed by atoms with Gasteiger partial charge in [0.05, 0.1) is 5.69 Å². The first kappa shape index (κ1) is 12.1. The van der Waals surface area contributed by atoms with Crippen LogP contribution in [0.2, 0.25) is 0 Å². The lowest BCUT2D eigenvalue weighted by molar-refractivity contribution is 0.259. The van der Waals surface area contributed by atoms with E-state index >= 15 is 0 Å². The molecule has 0 radical (unpaired) electrons. The van der Waals surface area contributed by atoms with Crippen LogP contribution in [-0.2, 0) is 0 Å². The molecule has 2 heterocycles. The second-order valence-corrected chi connectivity index (χ2v) is 5.42. The lowest BCUT2D eigenvalue weighted by atomic mass is 10.3. The summed E-state index contributed by atoms with van der Waals surface area (Å²) in [6.45, 7) is 4.98. The molecule has 0 aliphatic carbocycles. The van der Waals surface area contributed by atoms with E-state index in [2.05, 4.69) is 10.3 Å². The number of carbonyl (C=O) groups is 1. The summed E-state index contributed by atoms with van der Waals surface area (Å²) in [5.74, 6) is 0.882. The molecule has 4 nitrogen and oxygen atoms in total. The maximum absolute atomic E-state index is 11.8. The first-order chi connectivity index (χ1) is 8.08. The molecule has 0 bridgehead atoms. The van der Waals surface area contributed by atoms with Gasteiger partial charge >= 0.3 is 6.03 Å². The third-order valence-corrected chi connectivity index (χ3v) is 3.99. The Morgan fingerprint density at radius 2 is 2.29 bits per heavy atom. The molecule has 92 valence electrons.